The molecule has 0 aliphatic heterocycles. The topological polar surface area (TPSA) is 78.9 Å². The maximum atomic E-state index is 12.6. The van der Waals surface area contributed by atoms with Gasteiger partial charge in [0, 0.05) is 19.3 Å². The van der Waals surface area contributed by atoms with E-state index in [2.05, 4.69) is 27.7 Å². The zero-order valence-corrected chi connectivity index (χ0v) is 32.4. The average molecular weight is 681 g/mol. The lowest BCUT2D eigenvalue weighted by Gasteiger charge is -2.18. The molecule has 0 radical (unpaired) electrons. The zero-order valence-electron chi connectivity index (χ0n) is 32.4. The summed E-state index contributed by atoms with van der Waals surface area (Å²) in [6.07, 6.45) is 33.8. The number of hydrogen-bond acceptors (Lipinski definition) is 6. The highest BCUT2D eigenvalue weighted by Crippen LogP contribution is 2.15. The summed E-state index contributed by atoms with van der Waals surface area (Å²) in [7, 11) is 0. The van der Waals surface area contributed by atoms with Crippen molar-refractivity contribution >= 4 is 17.9 Å². The van der Waals surface area contributed by atoms with Gasteiger partial charge < -0.3 is 14.2 Å². The molecule has 0 saturated carbocycles. The molecule has 0 aromatic rings. The first-order valence-corrected chi connectivity index (χ1v) is 20.9. The molecule has 0 spiro atoms. The smallest absolute Gasteiger partial charge is 0.306 e. The van der Waals surface area contributed by atoms with Crippen LogP contribution < -0.4 is 0 Å². The van der Waals surface area contributed by atoms with Crippen LogP contribution in [0.4, 0.5) is 0 Å². The third-order valence-corrected chi connectivity index (χ3v) is 9.29. The molecule has 6 nitrogen and oxygen atoms in total. The Morgan fingerprint density at radius 2 is 0.688 bits per heavy atom. The number of hydrogen-bond donors (Lipinski definition) is 0. The van der Waals surface area contributed by atoms with Gasteiger partial charge in [-0.2, -0.15) is 0 Å². The summed E-state index contributed by atoms with van der Waals surface area (Å²) in [6, 6.07) is 0. The fourth-order valence-corrected chi connectivity index (χ4v) is 6.10. The molecule has 0 N–H and O–H groups in total. The van der Waals surface area contributed by atoms with E-state index in [4.69, 9.17) is 14.2 Å². The van der Waals surface area contributed by atoms with Crippen molar-refractivity contribution in [1.29, 1.82) is 0 Å². The molecule has 0 aromatic carbocycles. The number of unbranched alkanes of at least 4 members (excludes halogenated alkanes) is 24. The van der Waals surface area contributed by atoms with Crippen molar-refractivity contribution in [3.63, 3.8) is 0 Å². The summed E-state index contributed by atoms with van der Waals surface area (Å²) >= 11 is 0. The molecule has 284 valence electrons. The second kappa shape index (κ2) is 36.7. The number of rotatable bonds is 37. The average Bonchev–Trinajstić information content (AvgIpc) is 3.06. The van der Waals surface area contributed by atoms with Gasteiger partial charge in [0.2, 0.25) is 0 Å². The summed E-state index contributed by atoms with van der Waals surface area (Å²) in [4.78, 5) is 37.5. The Bertz CT molecular complexity index is 721. The van der Waals surface area contributed by atoms with Crippen molar-refractivity contribution < 1.29 is 28.6 Å². The molecule has 0 unspecified atom stereocenters. The number of carbonyl (C=O) groups excluding carboxylic acids is 3. The van der Waals surface area contributed by atoms with Crippen LogP contribution in [0.5, 0.6) is 0 Å². The van der Waals surface area contributed by atoms with Gasteiger partial charge in [-0.1, -0.05) is 188 Å². The molecule has 0 fully saturated rings. The summed E-state index contributed by atoms with van der Waals surface area (Å²) in [6.45, 7) is 8.89. The third-order valence-electron chi connectivity index (χ3n) is 9.29. The van der Waals surface area contributed by atoms with E-state index < -0.39 is 6.10 Å². The second-order valence-corrected chi connectivity index (χ2v) is 14.7. The summed E-state index contributed by atoms with van der Waals surface area (Å²) in [5, 5.41) is 0. The standard InChI is InChI=1S/C42H80O6/c1-5-7-9-11-13-15-17-19-21-27-31-35-42(45)48-39(37-47-41(44)34-30-26-23-22-24-28-32-38(3)4)36-46-40(43)33-29-25-20-18-16-14-12-10-8-6-2/h38-39H,5-37H2,1-4H3/t39-/m0/s1. The summed E-state index contributed by atoms with van der Waals surface area (Å²) in [5.74, 6) is -0.103. The molecule has 0 aliphatic carbocycles. The molecule has 0 heterocycles. The Kier molecular flexibility index (Phi) is 35.5. The monoisotopic (exact) mass is 681 g/mol. The first-order valence-electron chi connectivity index (χ1n) is 20.9. The van der Waals surface area contributed by atoms with E-state index in [1.807, 2.05) is 0 Å². The van der Waals surface area contributed by atoms with Gasteiger partial charge in [0.1, 0.15) is 13.2 Å². The van der Waals surface area contributed by atoms with Crippen LogP contribution >= 0.6 is 0 Å². The van der Waals surface area contributed by atoms with Crippen LogP contribution in [0.3, 0.4) is 0 Å². The molecule has 0 aromatic heterocycles. The quantitative estimate of drug-likeness (QED) is 0.0369. The van der Waals surface area contributed by atoms with Gasteiger partial charge in [0.15, 0.2) is 6.10 Å². The normalized spacial score (nSPS) is 11.9. The number of carbonyl (C=O) groups is 3. The van der Waals surface area contributed by atoms with Gasteiger partial charge in [-0.3, -0.25) is 14.4 Å². The molecular formula is C42H80O6. The first-order chi connectivity index (χ1) is 23.4. The zero-order chi connectivity index (χ0) is 35.3. The highest BCUT2D eigenvalue weighted by atomic mass is 16.6. The van der Waals surface area contributed by atoms with Crippen LogP contribution in [0.15, 0.2) is 0 Å². The van der Waals surface area contributed by atoms with E-state index in [1.54, 1.807) is 0 Å². The summed E-state index contributed by atoms with van der Waals surface area (Å²) < 4.78 is 16.6. The van der Waals surface area contributed by atoms with Gasteiger partial charge in [0.25, 0.3) is 0 Å². The van der Waals surface area contributed by atoms with Gasteiger partial charge in [-0.25, -0.2) is 0 Å². The predicted molar refractivity (Wildman–Crippen MR) is 201 cm³/mol. The van der Waals surface area contributed by atoms with Crippen molar-refractivity contribution in [1.82, 2.24) is 0 Å². The van der Waals surface area contributed by atoms with Gasteiger partial charge in [-0.15, -0.1) is 0 Å². The molecular weight excluding hydrogens is 600 g/mol. The fourth-order valence-electron chi connectivity index (χ4n) is 6.10. The molecule has 1 atom stereocenters. The lowest BCUT2D eigenvalue weighted by Crippen LogP contribution is -2.30. The Morgan fingerprint density at radius 1 is 0.396 bits per heavy atom. The van der Waals surface area contributed by atoms with Crippen molar-refractivity contribution in [2.45, 2.75) is 233 Å². The van der Waals surface area contributed by atoms with Crippen LogP contribution in [-0.2, 0) is 28.6 Å². The van der Waals surface area contributed by atoms with E-state index in [0.29, 0.717) is 19.3 Å². The minimum absolute atomic E-state index is 0.0652. The van der Waals surface area contributed by atoms with Crippen LogP contribution in [0, 0.1) is 5.92 Å². The van der Waals surface area contributed by atoms with Crippen molar-refractivity contribution in [2.75, 3.05) is 13.2 Å². The number of esters is 3. The Labute approximate surface area is 298 Å². The lowest BCUT2D eigenvalue weighted by atomic mass is 10.0. The van der Waals surface area contributed by atoms with E-state index in [0.717, 1.165) is 63.7 Å². The first kappa shape index (κ1) is 46.4. The van der Waals surface area contributed by atoms with Gasteiger partial charge in [-0.05, 0) is 25.2 Å². The Morgan fingerprint density at radius 3 is 1.02 bits per heavy atom. The SMILES string of the molecule is CCCCCCCCCCCCCC(=O)O[C@@H](COC(=O)CCCCCCCCCCCC)COC(=O)CCCCCCCCC(C)C. The minimum Gasteiger partial charge on any atom is -0.462 e. The molecule has 0 bridgehead atoms. The Balaban J connectivity index is 4.35. The fraction of sp³-hybridized carbons (Fsp3) is 0.929. The Hall–Kier alpha value is -1.59. The molecule has 0 rings (SSSR count). The second-order valence-electron chi connectivity index (χ2n) is 14.7. The largest absolute Gasteiger partial charge is 0.462 e. The molecule has 0 amide bonds. The lowest BCUT2D eigenvalue weighted by molar-refractivity contribution is -0.167. The van der Waals surface area contributed by atoms with Crippen LogP contribution in [-0.4, -0.2) is 37.2 Å². The molecule has 48 heavy (non-hydrogen) atoms. The molecule has 0 aliphatic rings. The maximum absolute atomic E-state index is 12.6. The van der Waals surface area contributed by atoms with Crippen LogP contribution in [0.2, 0.25) is 0 Å². The molecule has 6 heteroatoms. The third kappa shape index (κ3) is 35.7. The predicted octanol–water partition coefficient (Wildman–Crippen LogP) is 12.8. The van der Waals surface area contributed by atoms with Crippen LogP contribution in [0.25, 0.3) is 0 Å². The summed E-state index contributed by atoms with van der Waals surface area (Å²) in [5.41, 5.74) is 0. The molecule has 0 saturated heterocycles. The highest BCUT2D eigenvalue weighted by molar-refractivity contribution is 5.71. The minimum atomic E-state index is -0.758. The van der Waals surface area contributed by atoms with Gasteiger partial charge in [0.05, 0.1) is 0 Å². The maximum Gasteiger partial charge on any atom is 0.306 e. The van der Waals surface area contributed by atoms with Crippen molar-refractivity contribution in [2.24, 2.45) is 5.92 Å². The van der Waals surface area contributed by atoms with E-state index in [-0.39, 0.29) is 31.1 Å². The highest BCUT2D eigenvalue weighted by Gasteiger charge is 2.19. The van der Waals surface area contributed by atoms with E-state index >= 15 is 0 Å². The van der Waals surface area contributed by atoms with Crippen molar-refractivity contribution in [3.8, 4) is 0 Å². The van der Waals surface area contributed by atoms with Gasteiger partial charge >= 0.3 is 17.9 Å². The van der Waals surface area contributed by atoms with E-state index in [9.17, 15) is 14.4 Å². The van der Waals surface area contributed by atoms with Crippen molar-refractivity contribution in [3.05, 3.63) is 0 Å². The van der Waals surface area contributed by atoms with Crippen LogP contribution in [0.1, 0.15) is 227 Å². The van der Waals surface area contributed by atoms with E-state index in [1.165, 1.54) is 122 Å². The number of ether oxygens (including phenoxy) is 3.